The summed E-state index contributed by atoms with van der Waals surface area (Å²) in [6.45, 7) is 1.76. The quantitative estimate of drug-likeness (QED) is 0.347. The monoisotopic (exact) mass is 421 g/mol. The third-order valence-corrected chi connectivity index (χ3v) is 10.4. The van der Waals surface area contributed by atoms with Crippen LogP contribution < -0.4 is 13.3 Å². The molecule has 2 aromatic rings. The van der Waals surface area contributed by atoms with E-state index in [2.05, 4.69) is 20.4 Å². The number of benzene rings is 2. The number of amides is 1. The molecule has 0 fully saturated rings. The zero-order valence-electron chi connectivity index (χ0n) is 13.7. The molecule has 1 N–H and O–H groups in total. The van der Waals surface area contributed by atoms with Gasteiger partial charge in [-0.25, -0.2) is 0 Å². The van der Waals surface area contributed by atoms with Crippen molar-refractivity contribution in [3.8, 4) is 6.07 Å². The summed E-state index contributed by atoms with van der Waals surface area (Å²) in [6, 6.07) is 14.4. The van der Waals surface area contributed by atoms with Crippen LogP contribution in [0.5, 0.6) is 0 Å². The first-order valence-electron chi connectivity index (χ1n) is 7.39. The Morgan fingerprint density at radius 3 is 2.64 bits per heavy atom. The average molecular weight is 421 g/mol. The van der Waals surface area contributed by atoms with E-state index in [4.69, 9.17) is 17.1 Å². The number of halogens is 1. The summed E-state index contributed by atoms with van der Waals surface area (Å²) >= 11 is 3.04. The predicted molar refractivity (Wildman–Crippen MR) is 101 cm³/mol. The van der Waals surface area contributed by atoms with Crippen LogP contribution in [0.3, 0.4) is 0 Å². The molecule has 0 bridgehead atoms. The van der Waals surface area contributed by atoms with Gasteiger partial charge in [-0.1, -0.05) is 0 Å². The molecule has 6 nitrogen and oxygen atoms in total. The number of hydrogen-bond acceptors (Lipinski definition) is 3. The third-order valence-electron chi connectivity index (χ3n) is 3.62. The van der Waals surface area contributed by atoms with Crippen LogP contribution in [0.15, 0.2) is 47.6 Å². The van der Waals surface area contributed by atoms with Crippen LogP contribution in [-0.4, -0.2) is 19.0 Å². The van der Waals surface area contributed by atoms with Crippen molar-refractivity contribution in [1.82, 2.24) is 4.33 Å². The second-order valence-corrected chi connectivity index (χ2v) is 11.7. The number of hydrogen-bond donors (Lipinski definition) is 1. The average Bonchev–Trinajstić information content (AvgIpc) is 2.62. The van der Waals surface area contributed by atoms with Crippen molar-refractivity contribution >= 4 is 45.2 Å². The Hall–Kier alpha value is -2.48. The van der Waals surface area contributed by atoms with Gasteiger partial charge in [0.15, 0.2) is 0 Å². The third kappa shape index (κ3) is 3.79. The van der Waals surface area contributed by atoms with Crippen LogP contribution >= 0.6 is 11.6 Å². The molecule has 25 heavy (non-hydrogen) atoms. The van der Waals surface area contributed by atoms with Gasteiger partial charge in [-0.05, 0) is 0 Å². The Morgan fingerprint density at radius 2 is 2.00 bits per heavy atom. The van der Waals surface area contributed by atoms with Crippen LogP contribution in [0.25, 0.3) is 10.4 Å². The SMILES string of the molecule is CCC(=O)N[Se](C)(c1ccccc1N=[N+]=[N-])c1cccc(Cl)c1C#N. The summed E-state index contributed by atoms with van der Waals surface area (Å²) in [6.07, 6.45) is 0.305. The van der Waals surface area contributed by atoms with Crippen molar-refractivity contribution in [1.29, 1.82) is 5.26 Å². The second-order valence-electron chi connectivity index (χ2n) is 5.18. The Balaban J connectivity index is 2.82. The van der Waals surface area contributed by atoms with Crippen LogP contribution in [0.2, 0.25) is 10.8 Å². The number of carbonyl (C=O) groups excluding carboxylic acids is 1. The molecule has 1 atom stereocenters. The molecule has 0 saturated heterocycles. The molecule has 0 aromatic heterocycles. The summed E-state index contributed by atoms with van der Waals surface area (Å²) in [7, 11) is 0. The van der Waals surface area contributed by atoms with Gasteiger partial charge in [0.25, 0.3) is 0 Å². The first-order chi connectivity index (χ1) is 12.0. The van der Waals surface area contributed by atoms with Crippen LogP contribution in [-0.2, 0) is 4.79 Å². The molecule has 1 unspecified atom stereocenters. The predicted octanol–water partition coefficient (Wildman–Crippen LogP) is 3.37. The summed E-state index contributed by atoms with van der Waals surface area (Å²) in [5.74, 6) is 1.78. The number of carbonyl (C=O) groups is 1. The van der Waals surface area contributed by atoms with Crippen molar-refractivity contribution in [3.63, 3.8) is 0 Å². The summed E-state index contributed by atoms with van der Waals surface area (Å²) in [5, 5.41) is 13.7. The van der Waals surface area contributed by atoms with E-state index in [0.29, 0.717) is 27.2 Å². The van der Waals surface area contributed by atoms with Crippen LogP contribution in [0, 0.1) is 11.3 Å². The van der Waals surface area contributed by atoms with Gasteiger partial charge in [-0.3, -0.25) is 0 Å². The zero-order chi connectivity index (χ0) is 18.4. The molecule has 8 heteroatoms. The van der Waals surface area contributed by atoms with E-state index < -0.39 is 13.1 Å². The summed E-state index contributed by atoms with van der Waals surface area (Å²) < 4.78 is 4.52. The number of rotatable bonds is 5. The minimum absolute atomic E-state index is 0.137. The maximum atomic E-state index is 12.2. The molecule has 0 aliphatic carbocycles. The number of azide groups is 1. The van der Waals surface area contributed by atoms with Crippen molar-refractivity contribution in [2.75, 3.05) is 0 Å². The van der Waals surface area contributed by atoms with Gasteiger partial charge >= 0.3 is 153 Å². The first kappa shape index (κ1) is 18.9. The Bertz CT molecular complexity index is 904. The van der Waals surface area contributed by atoms with Gasteiger partial charge in [0.1, 0.15) is 0 Å². The first-order valence-corrected chi connectivity index (χ1v) is 12.1. The van der Waals surface area contributed by atoms with Crippen molar-refractivity contribution in [3.05, 3.63) is 63.5 Å². The molecule has 2 aromatic carbocycles. The fourth-order valence-corrected chi connectivity index (χ4v) is 8.74. The summed E-state index contributed by atoms with van der Waals surface area (Å²) in [4.78, 5) is 15.1. The Kier molecular flexibility index (Phi) is 6.08. The molecule has 0 aliphatic rings. The van der Waals surface area contributed by atoms with Gasteiger partial charge in [0.2, 0.25) is 0 Å². The van der Waals surface area contributed by atoms with Crippen LogP contribution in [0.4, 0.5) is 5.69 Å². The molecule has 128 valence electrons. The molecule has 0 spiro atoms. The molecule has 2 rings (SSSR count). The van der Waals surface area contributed by atoms with E-state index in [-0.39, 0.29) is 5.91 Å². The van der Waals surface area contributed by atoms with Crippen molar-refractivity contribution in [2.24, 2.45) is 5.11 Å². The van der Waals surface area contributed by atoms with Gasteiger partial charge in [-0.15, -0.1) is 0 Å². The van der Waals surface area contributed by atoms with Gasteiger partial charge < -0.3 is 0 Å². The molecule has 0 aliphatic heterocycles. The molecule has 0 saturated carbocycles. The van der Waals surface area contributed by atoms with Gasteiger partial charge in [-0.2, -0.15) is 0 Å². The van der Waals surface area contributed by atoms with E-state index in [1.165, 1.54) is 0 Å². The molecule has 0 heterocycles. The number of nitrogens with zero attached hydrogens (tertiary/aromatic N) is 4. The molecule has 0 radical (unpaired) electrons. The summed E-state index contributed by atoms with van der Waals surface area (Å²) in [5.41, 5.74) is 9.64. The van der Waals surface area contributed by atoms with E-state index >= 15 is 0 Å². The van der Waals surface area contributed by atoms with Crippen LogP contribution in [0.1, 0.15) is 18.9 Å². The standard InChI is InChI=1S/C17H16ClN5OSe/c1-3-17(24)22-25(2,15-10-6-7-13(18)12(15)11-19)16-9-5-4-8-14(16)21-23-20/h4-10H,3H2,1-2H3,(H,22,24). The van der Waals surface area contributed by atoms with E-state index in [1.807, 2.05) is 18.0 Å². The fraction of sp³-hybridized carbons (Fsp3) is 0.176. The number of nitriles is 1. The topological polar surface area (TPSA) is 102 Å². The van der Waals surface area contributed by atoms with E-state index in [0.717, 1.165) is 4.46 Å². The molecular formula is C17H16ClN5OSe. The number of nitrogens with one attached hydrogen (secondary N) is 1. The second kappa shape index (κ2) is 8.06. The Labute approximate surface area is 153 Å². The van der Waals surface area contributed by atoms with Gasteiger partial charge in [0, 0.05) is 0 Å². The molecular weight excluding hydrogens is 405 g/mol. The molecule has 1 amide bonds. The maximum absolute atomic E-state index is 12.2. The van der Waals surface area contributed by atoms with Crippen molar-refractivity contribution in [2.45, 2.75) is 19.2 Å². The zero-order valence-corrected chi connectivity index (χ0v) is 16.2. The Morgan fingerprint density at radius 1 is 1.32 bits per heavy atom. The fourth-order valence-electron chi connectivity index (χ4n) is 2.41. The van der Waals surface area contributed by atoms with Gasteiger partial charge in [0.05, 0.1) is 0 Å². The van der Waals surface area contributed by atoms with E-state index in [1.54, 1.807) is 37.3 Å². The minimum atomic E-state index is -3.17. The normalized spacial score (nSPS) is 13.7. The van der Waals surface area contributed by atoms with E-state index in [9.17, 15) is 10.1 Å². The van der Waals surface area contributed by atoms with Crippen molar-refractivity contribution < 1.29 is 4.79 Å².